The predicted octanol–water partition coefficient (Wildman–Crippen LogP) is 1.60. The number of thioether (sulfide) groups is 2. The minimum Gasteiger partial charge on any atom is -0.379 e. The lowest BCUT2D eigenvalue weighted by atomic mass is 9.95. The van der Waals surface area contributed by atoms with Gasteiger partial charge in [0.15, 0.2) is 5.96 Å². The molecule has 24 heavy (non-hydrogen) atoms. The van der Waals surface area contributed by atoms with E-state index in [1.165, 1.54) is 30.1 Å². The fraction of sp³-hybridized carbons (Fsp3) is 0.941. The number of morpholine rings is 1. The molecule has 3 rings (SSSR count). The van der Waals surface area contributed by atoms with Crippen LogP contribution < -0.4 is 5.32 Å². The largest absolute Gasteiger partial charge is 0.379 e. The second-order valence-electron chi connectivity index (χ2n) is 6.87. The predicted molar refractivity (Wildman–Crippen MR) is 107 cm³/mol. The van der Waals surface area contributed by atoms with Crippen molar-refractivity contribution in [3.63, 3.8) is 0 Å². The standard InChI is InChI=1S/C17H32N4OS2/c1-3-15-12-20(7-11-24-15)16(18-2)19-13-17(4-10-23-14-17)21-5-8-22-9-6-21/h15H,3-14H2,1-2H3,(H,18,19). The van der Waals surface area contributed by atoms with Gasteiger partial charge in [-0.05, 0) is 18.6 Å². The third kappa shape index (κ3) is 4.34. The van der Waals surface area contributed by atoms with Gasteiger partial charge in [-0.3, -0.25) is 9.89 Å². The van der Waals surface area contributed by atoms with E-state index in [1.807, 2.05) is 7.05 Å². The molecule has 2 unspecified atom stereocenters. The van der Waals surface area contributed by atoms with Crippen LogP contribution >= 0.6 is 23.5 Å². The van der Waals surface area contributed by atoms with E-state index in [-0.39, 0.29) is 5.54 Å². The van der Waals surface area contributed by atoms with E-state index < -0.39 is 0 Å². The van der Waals surface area contributed by atoms with E-state index in [4.69, 9.17) is 4.74 Å². The first-order chi connectivity index (χ1) is 11.8. The Balaban J connectivity index is 1.60. The minimum absolute atomic E-state index is 0.277. The van der Waals surface area contributed by atoms with Crippen molar-refractivity contribution in [1.82, 2.24) is 15.1 Å². The molecule has 0 aromatic rings. The Morgan fingerprint density at radius 2 is 2.12 bits per heavy atom. The third-order valence-corrected chi connectivity index (χ3v) is 8.05. The van der Waals surface area contributed by atoms with E-state index in [0.717, 1.165) is 57.1 Å². The number of hydrogen-bond acceptors (Lipinski definition) is 5. The summed E-state index contributed by atoms with van der Waals surface area (Å²) in [5, 5.41) is 4.48. The van der Waals surface area contributed by atoms with E-state index in [9.17, 15) is 0 Å². The van der Waals surface area contributed by atoms with Crippen molar-refractivity contribution in [2.24, 2.45) is 4.99 Å². The molecule has 3 aliphatic rings. The summed E-state index contributed by atoms with van der Waals surface area (Å²) in [4.78, 5) is 9.71. The second-order valence-corrected chi connectivity index (χ2v) is 9.39. The van der Waals surface area contributed by atoms with Crippen LogP contribution in [0.1, 0.15) is 19.8 Å². The number of ether oxygens (including phenoxy) is 1. The lowest BCUT2D eigenvalue weighted by Gasteiger charge is -2.44. The summed E-state index contributed by atoms with van der Waals surface area (Å²) in [6, 6.07) is 0. The molecule has 0 saturated carbocycles. The van der Waals surface area contributed by atoms with Crippen LogP contribution in [0.5, 0.6) is 0 Å². The van der Waals surface area contributed by atoms with Gasteiger partial charge in [0, 0.05) is 62.1 Å². The molecule has 3 heterocycles. The number of aliphatic imine (C=N–C) groups is 1. The van der Waals surface area contributed by atoms with Gasteiger partial charge in [0.05, 0.1) is 13.2 Å². The zero-order valence-electron chi connectivity index (χ0n) is 15.1. The maximum atomic E-state index is 5.57. The summed E-state index contributed by atoms with van der Waals surface area (Å²) in [6.07, 6.45) is 2.52. The SMILES string of the molecule is CCC1CN(C(=NC)NCC2(N3CCOCC3)CCSC2)CCS1. The fourth-order valence-corrected chi connectivity index (χ4v) is 6.53. The van der Waals surface area contributed by atoms with E-state index in [0.29, 0.717) is 0 Å². The monoisotopic (exact) mass is 372 g/mol. The van der Waals surface area contributed by atoms with Crippen LogP contribution in [0.2, 0.25) is 0 Å². The lowest BCUT2D eigenvalue weighted by Crippen LogP contribution is -2.60. The van der Waals surface area contributed by atoms with E-state index in [1.54, 1.807) is 0 Å². The van der Waals surface area contributed by atoms with Crippen molar-refractivity contribution < 1.29 is 4.74 Å². The van der Waals surface area contributed by atoms with Crippen molar-refractivity contribution in [3.05, 3.63) is 0 Å². The molecule has 0 radical (unpaired) electrons. The Labute approximate surface area is 155 Å². The highest BCUT2D eigenvalue weighted by atomic mass is 32.2. The molecule has 5 nitrogen and oxygen atoms in total. The maximum absolute atomic E-state index is 5.57. The molecular formula is C17H32N4OS2. The Bertz CT molecular complexity index is 423. The number of nitrogens with zero attached hydrogens (tertiary/aromatic N) is 3. The van der Waals surface area contributed by atoms with Crippen LogP contribution in [0.3, 0.4) is 0 Å². The van der Waals surface area contributed by atoms with Crippen molar-refractivity contribution in [2.45, 2.75) is 30.6 Å². The van der Waals surface area contributed by atoms with Crippen LogP contribution in [0.25, 0.3) is 0 Å². The first-order valence-electron chi connectivity index (χ1n) is 9.25. The highest BCUT2D eigenvalue weighted by molar-refractivity contribution is 8.00. The molecular weight excluding hydrogens is 340 g/mol. The van der Waals surface area contributed by atoms with Crippen molar-refractivity contribution >= 4 is 29.5 Å². The molecule has 3 aliphatic heterocycles. The van der Waals surface area contributed by atoms with Gasteiger partial charge in [-0.15, -0.1) is 0 Å². The molecule has 2 atom stereocenters. The summed E-state index contributed by atoms with van der Waals surface area (Å²) in [6.45, 7) is 9.43. The van der Waals surface area contributed by atoms with Crippen LogP contribution in [-0.2, 0) is 4.74 Å². The fourth-order valence-electron chi connectivity index (χ4n) is 3.87. The van der Waals surface area contributed by atoms with Crippen molar-refractivity contribution in [2.75, 3.05) is 70.2 Å². The number of nitrogens with one attached hydrogen (secondary N) is 1. The van der Waals surface area contributed by atoms with E-state index in [2.05, 4.69) is 50.6 Å². The molecule has 0 aliphatic carbocycles. The third-order valence-electron chi connectivity index (χ3n) is 5.45. The highest BCUT2D eigenvalue weighted by Gasteiger charge is 2.41. The Kier molecular flexibility index (Phi) is 7.01. The molecule has 0 bridgehead atoms. The molecule has 3 saturated heterocycles. The quantitative estimate of drug-likeness (QED) is 0.597. The summed E-state index contributed by atoms with van der Waals surface area (Å²) < 4.78 is 5.57. The topological polar surface area (TPSA) is 40.1 Å². The number of rotatable bonds is 4. The first-order valence-corrected chi connectivity index (χ1v) is 11.5. The van der Waals surface area contributed by atoms with Gasteiger partial charge in [-0.25, -0.2) is 0 Å². The smallest absolute Gasteiger partial charge is 0.193 e. The number of guanidine groups is 1. The first kappa shape index (κ1) is 18.7. The second kappa shape index (κ2) is 9.01. The Hall–Kier alpha value is -0.110. The Morgan fingerprint density at radius 3 is 2.79 bits per heavy atom. The number of hydrogen-bond donors (Lipinski definition) is 1. The van der Waals surface area contributed by atoms with Gasteiger partial charge < -0.3 is 15.0 Å². The summed E-state index contributed by atoms with van der Waals surface area (Å²) in [7, 11) is 1.93. The molecule has 3 fully saturated rings. The zero-order valence-corrected chi connectivity index (χ0v) is 16.8. The van der Waals surface area contributed by atoms with E-state index >= 15 is 0 Å². The van der Waals surface area contributed by atoms with Gasteiger partial charge in [0.1, 0.15) is 0 Å². The molecule has 0 spiro atoms. The molecule has 0 aromatic heterocycles. The maximum Gasteiger partial charge on any atom is 0.193 e. The molecule has 0 amide bonds. The minimum atomic E-state index is 0.277. The average molecular weight is 373 g/mol. The van der Waals surface area contributed by atoms with Crippen LogP contribution in [-0.4, -0.2) is 96.8 Å². The van der Waals surface area contributed by atoms with Crippen LogP contribution in [0.15, 0.2) is 4.99 Å². The normalized spacial score (nSPS) is 33.0. The van der Waals surface area contributed by atoms with Gasteiger partial charge in [0.25, 0.3) is 0 Å². The average Bonchev–Trinajstić information content (AvgIpc) is 3.13. The lowest BCUT2D eigenvalue weighted by molar-refractivity contribution is -0.0121. The van der Waals surface area contributed by atoms with Crippen LogP contribution in [0, 0.1) is 0 Å². The van der Waals surface area contributed by atoms with Gasteiger partial charge >= 0.3 is 0 Å². The van der Waals surface area contributed by atoms with Crippen molar-refractivity contribution in [1.29, 1.82) is 0 Å². The van der Waals surface area contributed by atoms with Gasteiger partial charge in [0.2, 0.25) is 0 Å². The van der Waals surface area contributed by atoms with Crippen LogP contribution in [0.4, 0.5) is 0 Å². The molecule has 7 heteroatoms. The van der Waals surface area contributed by atoms with Gasteiger partial charge in [-0.2, -0.15) is 23.5 Å². The van der Waals surface area contributed by atoms with Gasteiger partial charge in [-0.1, -0.05) is 6.92 Å². The molecule has 1 N–H and O–H groups in total. The summed E-state index contributed by atoms with van der Waals surface area (Å²) >= 11 is 4.20. The summed E-state index contributed by atoms with van der Waals surface area (Å²) in [5.41, 5.74) is 0.277. The van der Waals surface area contributed by atoms with Crippen molar-refractivity contribution in [3.8, 4) is 0 Å². The molecule has 0 aromatic carbocycles. The summed E-state index contributed by atoms with van der Waals surface area (Å²) in [5.74, 6) is 4.81. The zero-order chi connectivity index (χ0) is 16.8. The highest BCUT2D eigenvalue weighted by Crippen LogP contribution is 2.33. The molecule has 138 valence electrons. The Morgan fingerprint density at radius 1 is 1.29 bits per heavy atom.